The van der Waals surface area contributed by atoms with Gasteiger partial charge in [0.05, 0.1) is 0 Å². The van der Waals surface area contributed by atoms with E-state index in [4.69, 9.17) is 0 Å². The van der Waals surface area contributed by atoms with Crippen molar-refractivity contribution in [3.05, 3.63) is 29.3 Å². The Morgan fingerprint density at radius 3 is 3.07 bits per heavy atom. The minimum absolute atomic E-state index is 1.05. The molecule has 1 aliphatic heterocycles. The highest BCUT2D eigenvalue weighted by Gasteiger charge is 2.13. The Kier molecular flexibility index (Phi) is 3.12. The smallest absolute Gasteiger partial charge is 0.0398 e. The summed E-state index contributed by atoms with van der Waals surface area (Å²) in [6, 6.07) is 6.90. The second-order valence-corrected chi connectivity index (χ2v) is 4.72. The lowest BCUT2D eigenvalue weighted by atomic mass is 9.99. The Morgan fingerprint density at radius 1 is 1.43 bits per heavy atom. The van der Waals surface area contributed by atoms with Crippen molar-refractivity contribution in [2.24, 2.45) is 0 Å². The van der Waals surface area contributed by atoms with Crippen molar-refractivity contribution in [3.63, 3.8) is 0 Å². The van der Waals surface area contributed by atoms with Crippen molar-refractivity contribution >= 4 is 21.6 Å². The van der Waals surface area contributed by atoms with Gasteiger partial charge in [0, 0.05) is 24.6 Å². The molecule has 1 aromatic carbocycles. The Bertz CT molecular complexity index is 322. The number of anilines is 1. The van der Waals surface area contributed by atoms with Gasteiger partial charge in [0.25, 0.3) is 0 Å². The molecule has 0 bridgehead atoms. The molecule has 0 atom stereocenters. The van der Waals surface area contributed by atoms with Gasteiger partial charge in [-0.05, 0) is 36.5 Å². The molecular formula is C12H16BrN. The molecule has 1 heterocycles. The Hall–Kier alpha value is -0.500. The van der Waals surface area contributed by atoms with E-state index in [1.54, 1.807) is 0 Å². The molecule has 1 aliphatic rings. The molecule has 0 amide bonds. The predicted molar refractivity (Wildman–Crippen MR) is 65.5 cm³/mol. The number of halogens is 1. The fraction of sp³-hybridized carbons (Fsp3) is 0.500. The van der Waals surface area contributed by atoms with Crippen LogP contribution in [0.3, 0.4) is 0 Å². The molecule has 0 saturated heterocycles. The number of rotatable bonds is 2. The van der Waals surface area contributed by atoms with E-state index in [1.165, 1.54) is 36.2 Å². The maximum Gasteiger partial charge on any atom is 0.0398 e. The molecule has 1 nitrogen and oxygen atoms in total. The maximum absolute atomic E-state index is 3.48. The third-order valence-corrected chi connectivity index (χ3v) is 3.28. The first-order chi connectivity index (χ1) is 6.81. The fourth-order valence-corrected chi connectivity index (χ4v) is 2.53. The van der Waals surface area contributed by atoms with Crippen LogP contribution < -0.4 is 4.90 Å². The summed E-state index contributed by atoms with van der Waals surface area (Å²) < 4.78 is 0. The van der Waals surface area contributed by atoms with Crippen molar-refractivity contribution in [2.45, 2.75) is 19.3 Å². The zero-order valence-electron chi connectivity index (χ0n) is 8.59. The van der Waals surface area contributed by atoms with Crippen LogP contribution in [0.1, 0.15) is 17.5 Å². The van der Waals surface area contributed by atoms with E-state index in [1.807, 2.05) is 0 Å². The Balaban J connectivity index is 2.31. The van der Waals surface area contributed by atoms with Crippen molar-refractivity contribution in [1.29, 1.82) is 0 Å². The highest BCUT2D eigenvalue weighted by atomic mass is 79.9. The quantitative estimate of drug-likeness (QED) is 0.733. The van der Waals surface area contributed by atoms with Gasteiger partial charge in [0.1, 0.15) is 0 Å². The van der Waals surface area contributed by atoms with Gasteiger partial charge < -0.3 is 4.90 Å². The molecule has 2 rings (SSSR count). The average molecular weight is 254 g/mol. The minimum atomic E-state index is 1.05. The third-order valence-electron chi connectivity index (χ3n) is 2.88. The standard InChI is InChI=1S/C12H16BrN/c1-14-8-2-3-11-5-4-10(6-7-13)9-12(11)14/h4-5,9H,2-3,6-8H2,1H3. The number of hydrogen-bond acceptors (Lipinski definition) is 1. The summed E-state index contributed by atoms with van der Waals surface area (Å²) in [6.45, 7) is 1.20. The van der Waals surface area contributed by atoms with E-state index < -0.39 is 0 Å². The van der Waals surface area contributed by atoms with Crippen molar-refractivity contribution < 1.29 is 0 Å². The SMILES string of the molecule is CN1CCCc2ccc(CCBr)cc21. The topological polar surface area (TPSA) is 3.24 Å². The van der Waals surface area contributed by atoms with Crippen LogP contribution in [0.5, 0.6) is 0 Å². The molecule has 0 saturated carbocycles. The first kappa shape index (κ1) is 10.0. The van der Waals surface area contributed by atoms with Gasteiger partial charge >= 0.3 is 0 Å². The van der Waals surface area contributed by atoms with Gasteiger partial charge in [-0.2, -0.15) is 0 Å². The van der Waals surface area contributed by atoms with Gasteiger partial charge in [-0.1, -0.05) is 28.1 Å². The monoisotopic (exact) mass is 253 g/mol. The van der Waals surface area contributed by atoms with Gasteiger partial charge in [0.15, 0.2) is 0 Å². The predicted octanol–water partition coefficient (Wildman–Crippen LogP) is 3.01. The maximum atomic E-state index is 3.48. The van der Waals surface area contributed by atoms with E-state index in [9.17, 15) is 0 Å². The first-order valence-corrected chi connectivity index (χ1v) is 6.32. The Labute approximate surface area is 94.2 Å². The van der Waals surface area contributed by atoms with Crippen LogP contribution in [0, 0.1) is 0 Å². The molecule has 76 valence electrons. The molecule has 0 aromatic heterocycles. The molecule has 14 heavy (non-hydrogen) atoms. The van der Waals surface area contributed by atoms with Crippen LogP contribution in [0.4, 0.5) is 5.69 Å². The summed E-state index contributed by atoms with van der Waals surface area (Å²) in [5.74, 6) is 0. The molecule has 0 N–H and O–H groups in total. The summed E-state index contributed by atoms with van der Waals surface area (Å²) in [5.41, 5.74) is 4.39. The summed E-state index contributed by atoms with van der Waals surface area (Å²) in [5, 5.41) is 1.05. The molecule has 0 spiro atoms. The van der Waals surface area contributed by atoms with Crippen LogP contribution in [0.2, 0.25) is 0 Å². The molecule has 0 unspecified atom stereocenters. The van der Waals surface area contributed by atoms with Gasteiger partial charge in [0.2, 0.25) is 0 Å². The fourth-order valence-electron chi connectivity index (χ4n) is 2.07. The summed E-state index contributed by atoms with van der Waals surface area (Å²) in [7, 11) is 2.19. The average Bonchev–Trinajstić information content (AvgIpc) is 2.20. The number of aryl methyl sites for hydroxylation is 2. The van der Waals surface area contributed by atoms with Crippen LogP contribution in [0.15, 0.2) is 18.2 Å². The van der Waals surface area contributed by atoms with E-state index in [2.05, 4.69) is 46.1 Å². The summed E-state index contributed by atoms with van der Waals surface area (Å²) in [6.07, 6.45) is 3.66. The molecule has 2 heteroatoms. The van der Waals surface area contributed by atoms with Crippen molar-refractivity contribution in [3.8, 4) is 0 Å². The number of benzene rings is 1. The first-order valence-electron chi connectivity index (χ1n) is 5.20. The van der Waals surface area contributed by atoms with Crippen LogP contribution in [-0.4, -0.2) is 18.9 Å². The molecule has 1 aromatic rings. The lowest BCUT2D eigenvalue weighted by Crippen LogP contribution is -2.24. The number of nitrogens with zero attached hydrogens (tertiary/aromatic N) is 1. The van der Waals surface area contributed by atoms with Crippen LogP contribution in [-0.2, 0) is 12.8 Å². The highest BCUT2D eigenvalue weighted by molar-refractivity contribution is 9.09. The van der Waals surface area contributed by atoms with E-state index in [0.29, 0.717) is 0 Å². The summed E-state index contributed by atoms with van der Waals surface area (Å²) >= 11 is 3.48. The van der Waals surface area contributed by atoms with Gasteiger partial charge in [-0.15, -0.1) is 0 Å². The number of fused-ring (bicyclic) bond motifs is 1. The zero-order valence-corrected chi connectivity index (χ0v) is 10.2. The molecule has 0 aliphatic carbocycles. The number of hydrogen-bond donors (Lipinski definition) is 0. The minimum Gasteiger partial charge on any atom is -0.374 e. The van der Waals surface area contributed by atoms with Gasteiger partial charge in [-0.3, -0.25) is 0 Å². The Morgan fingerprint density at radius 2 is 2.29 bits per heavy atom. The lowest BCUT2D eigenvalue weighted by Gasteiger charge is -2.28. The molecule has 0 radical (unpaired) electrons. The molecular weight excluding hydrogens is 238 g/mol. The van der Waals surface area contributed by atoms with Crippen LogP contribution >= 0.6 is 15.9 Å². The largest absolute Gasteiger partial charge is 0.374 e. The third kappa shape index (κ3) is 1.95. The highest BCUT2D eigenvalue weighted by Crippen LogP contribution is 2.27. The van der Waals surface area contributed by atoms with Crippen LogP contribution in [0.25, 0.3) is 0 Å². The van der Waals surface area contributed by atoms with Crippen molar-refractivity contribution in [2.75, 3.05) is 23.8 Å². The second-order valence-electron chi connectivity index (χ2n) is 3.93. The zero-order chi connectivity index (χ0) is 9.97. The van der Waals surface area contributed by atoms with Gasteiger partial charge in [-0.25, -0.2) is 0 Å². The lowest BCUT2D eigenvalue weighted by molar-refractivity contribution is 0.743. The number of alkyl halides is 1. The van der Waals surface area contributed by atoms with E-state index in [-0.39, 0.29) is 0 Å². The molecule has 0 fully saturated rings. The van der Waals surface area contributed by atoms with E-state index in [0.717, 1.165) is 11.8 Å². The van der Waals surface area contributed by atoms with E-state index >= 15 is 0 Å². The second kappa shape index (κ2) is 4.35. The van der Waals surface area contributed by atoms with Crippen molar-refractivity contribution in [1.82, 2.24) is 0 Å². The normalized spacial score (nSPS) is 15.4. The summed E-state index contributed by atoms with van der Waals surface area (Å²) in [4.78, 5) is 2.37.